The molecule has 1 N–H and O–H groups in total. The largest absolute Gasteiger partial charge is 0.416 e. The van der Waals surface area contributed by atoms with E-state index in [1.807, 2.05) is 6.07 Å². The Morgan fingerprint density at radius 2 is 1.83 bits per heavy atom. The first kappa shape index (κ1) is 16.6. The molecule has 0 aliphatic carbocycles. The van der Waals surface area contributed by atoms with Crippen LogP contribution in [0.15, 0.2) is 48.5 Å². The average Bonchev–Trinajstić information content (AvgIpc) is 2.54. The summed E-state index contributed by atoms with van der Waals surface area (Å²) in [6.45, 7) is 1.72. The Labute approximate surface area is 131 Å². The lowest BCUT2D eigenvalue weighted by atomic mass is 10.1. The standard InChI is InChI=1S/C17H13F3N2O/c1-11(13-7-5-12(10-21)6-8-13)22-16(23)14-3-2-4-15(9-14)17(18,19)20/h2-9,11H,1H3,(H,22,23). The lowest BCUT2D eigenvalue weighted by Gasteiger charge is -2.15. The van der Waals surface area contributed by atoms with Crippen LogP contribution in [0.4, 0.5) is 13.2 Å². The molecule has 2 aromatic carbocycles. The smallest absolute Gasteiger partial charge is 0.346 e. The van der Waals surface area contributed by atoms with Gasteiger partial charge in [0.25, 0.3) is 5.91 Å². The molecule has 0 heterocycles. The van der Waals surface area contributed by atoms with Crippen molar-refractivity contribution in [1.82, 2.24) is 5.32 Å². The molecular formula is C17H13F3N2O. The average molecular weight is 318 g/mol. The van der Waals surface area contributed by atoms with Gasteiger partial charge in [-0.1, -0.05) is 18.2 Å². The monoisotopic (exact) mass is 318 g/mol. The molecule has 1 amide bonds. The van der Waals surface area contributed by atoms with Gasteiger partial charge in [-0.2, -0.15) is 18.4 Å². The summed E-state index contributed by atoms with van der Waals surface area (Å²) in [4.78, 5) is 12.1. The van der Waals surface area contributed by atoms with Crippen molar-refractivity contribution < 1.29 is 18.0 Å². The minimum absolute atomic E-state index is 0.0553. The summed E-state index contributed by atoms with van der Waals surface area (Å²) in [6.07, 6.45) is -4.49. The fourth-order valence-electron chi connectivity index (χ4n) is 2.05. The molecule has 0 spiro atoms. The first-order chi connectivity index (χ1) is 10.8. The highest BCUT2D eigenvalue weighted by molar-refractivity contribution is 5.94. The number of nitrogens with one attached hydrogen (secondary N) is 1. The van der Waals surface area contributed by atoms with E-state index in [9.17, 15) is 18.0 Å². The fraction of sp³-hybridized carbons (Fsp3) is 0.176. The van der Waals surface area contributed by atoms with Gasteiger partial charge in [-0.05, 0) is 42.8 Å². The van der Waals surface area contributed by atoms with E-state index in [4.69, 9.17) is 5.26 Å². The lowest BCUT2D eigenvalue weighted by Crippen LogP contribution is -2.26. The normalized spacial score (nSPS) is 12.3. The van der Waals surface area contributed by atoms with Crippen molar-refractivity contribution in [2.24, 2.45) is 0 Å². The highest BCUT2D eigenvalue weighted by atomic mass is 19.4. The predicted molar refractivity (Wildman–Crippen MR) is 78.5 cm³/mol. The van der Waals surface area contributed by atoms with Crippen LogP contribution >= 0.6 is 0 Å². The number of carbonyl (C=O) groups excluding carboxylic acids is 1. The van der Waals surface area contributed by atoms with Gasteiger partial charge in [-0.3, -0.25) is 4.79 Å². The number of hydrogen-bond donors (Lipinski definition) is 1. The van der Waals surface area contributed by atoms with Crippen LogP contribution in [-0.2, 0) is 6.18 Å². The molecule has 2 rings (SSSR count). The molecule has 0 aliphatic rings. The molecule has 0 aliphatic heterocycles. The Bertz CT molecular complexity index is 746. The number of alkyl halides is 3. The van der Waals surface area contributed by atoms with Crippen molar-refractivity contribution in [2.75, 3.05) is 0 Å². The summed E-state index contributed by atoms with van der Waals surface area (Å²) in [5.41, 5.74) is 0.325. The molecule has 0 bridgehead atoms. The minimum Gasteiger partial charge on any atom is -0.346 e. The zero-order valence-corrected chi connectivity index (χ0v) is 12.2. The highest BCUT2D eigenvalue weighted by Crippen LogP contribution is 2.29. The van der Waals surface area contributed by atoms with Crippen LogP contribution in [0.5, 0.6) is 0 Å². The zero-order chi connectivity index (χ0) is 17.0. The summed E-state index contributed by atoms with van der Waals surface area (Å²) in [5, 5.41) is 11.4. The molecule has 0 saturated heterocycles. The number of benzene rings is 2. The van der Waals surface area contributed by atoms with E-state index in [0.29, 0.717) is 5.56 Å². The van der Waals surface area contributed by atoms with E-state index in [-0.39, 0.29) is 5.56 Å². The van der Waals surface area contributed by atoms with Crippen LogP contribution < -0.4 is 5.32 Å². The van der Waals surface area contributed by atoms with Crippen molar-refractivity contribution in [3.05, 3.63) is 70.8 Å². The molecule has 6 heteroatoms. The second kappa shape index (κ2) is 6.53. The van der Waals surface area contributed by atoms with Crippen LogP contribution in [-0.4, -0.2) is 5.91 Å². The Kier molecular flexibility index (Phi) is 4.70. The zero-order valence-electron chi connectivity index (χ0n) is 12.2. The van der Waals surface area contributed by atoms with Crippen molar-refractivity contribution >= 4 is 5.91 Å². The van der Waals surface area contributed by atoms with Gasteiger partial charge in [0.05, 0.1) is 23.2 Å². The second-order valence-corrected chi connectivity index (χ2v) is 5.01. The summed E-state index contributed by atoms with van der Waals surface area (Å²) in [7, 11) is 0. The number of nitrogens with zero attached hydrogens (tertiary/aromatic N) is 1. The van der Waals surface area contributed by atoms with Crippen molar-refractivity contribution in [1.29, 1.82) is 5.26 Å². The van der Waals surface area contributed by atoms with Gasteiger partial charge < -0.3 is 5.32 Å². The Morgan fingerprint density at radius 1 is 1.17 bits per heavy atom. The fourth-order valence-corrected chi connectivity index (χ4v) is 2.05. The number of amides is 1. The van der Waals surface area contributed by atoms with E-state index in [1.54, 1.807) is 31.2 Å². The summed E-state index contributed by atoms with van der Waals surface area (Å²) in [5.74, 6) is -0.590. The summed E-state index contributed by atoms with van der Waals surface area (Å²) >= 11 is 0. The highest BCUT2D eigenvalue weighted by Gasteiger charge is 2.30. The van der Waals surface area contributed by atoms with E-state index >= 15 is 0 Å². The maximum absolute atomic E-state index is 12.7. The first-order valence-electron chi connectivity index (χ1n) is 6.79. The number of nitriles is 1. The summed E-state index contributed by atoms with van der Waals surface area (Å²) in [6, 6.07) is 12.5. The second-order valence-electron chi connectivity index (χ2n) is 5.01. The SMILES string of the molecule is CC(NC(=O)c1cccc(C(F)(F)F)c1)c1ccc(C#N)cc1. The van der Waals surface area contributed by atoms with Gasteiger partial charge in [-0.25, -0.2) is 0 Å². The van der Waals surface area contributed by atoms with Crippen LogP contribution in [0, 0.1) is 11.3 Å². The molecule has 23 heavy (non-hydrogen) atoms. The van der Waals surface area contributed by atoms with Crippen molar-refractivity contribution in [2.45, 2.75) is 19.1 Å². The number of rotatable bonds is 3. The van der Waals surface area contributed by atoms with Crippen LogP contribution in [0.2, 0.25) is 0 Å². The molecule has 118 valence electrons. The van der Waals surface area contributed by atoms with Crippen molar-refractivity contribution in [3.63, 3.8) is 0 Å². The summed E-state index contributed by atoms with van der Waals surface area (Å²) < 4.78 is 38.0. The van der Waals surface area contributed by atoms with Crippen molar-refractivity contribution in [3.8, 4) is 6.07 Å². The van der Waals surface area contributed by atoms with Gasteiger partial charge in [-0.15, -0.1) is 0 Å². The maximum Gasteiger partial charge on any atom is 0.416 e. The Balaban J connectivity index is 2.13. The minimum atomic E-state index is -4.49. The predicted octanol–water partition coefficient (Wildman–Crippen LogP) is 4.07. The molecule has 0 radical (unpaired) electrons. The van der Waals surface area contributed by atoms with Gasteiger partial charge in [0, 0.05) is 5.56 Å². The van der Waals surface area contributed by atoms with E-state index in [2.05, 4.69) is 5.32 Å². The molecular weight excluding hydrogens is 305 g/mol. The number of carbonyl (C=O) groups is 1. The topological polar surface area (TPSA) is 52.9 Å². The van der Waals surface area contributed by atoms with E-state index in [1.165, 1.54) is 12.1 Å². The molecule has 1 unspecified atom stereocenters. The van der Waals surface area contributed by atoms with Gasteiger partial charge in [0.2, 0.25) is 0 Å². The first-order valence-corrected chi connectivity index (χ1v) is 6.79. The van der Waals surface area contributed by atoms with Gasteiger partial charge in [0.15, 0.2) is 0 Å². The Morgan fingerprint density at radius 3 is 2.39 bits per heavy atom. The molecule has 0 fully saturated rings. The van der Waals surface area contributed by atoms with E-state index < -0.39 is 23.7 Å². The van der Waals surface area contributed by atoms with Gasteiger partial charge in [0.1, 0.15) is 0 Å². The van der Waals surface area contributed by atoms with Crippen LogP contribution in [0.1, 0.15) is 40.0 Å². The quantitative estimate of drug-likeness (QED) is 0.927. The van der Waals surface area contributed by atoms with E-state index in [0.717, 1.165) is 17.7 Å². The third kappa shape index (κ3) is 4.10. The molecule has 0 saturated carbocycles. The Hall–Kier alpha value is -2.81. The third-order valence-corrected chi connectivity index (χ3v) is 3.34. The molecule has 2 aromatic rings. The molecule has 3 nitrogen and oxygen atoms in total. The number of halogens is 3. The number of hydrogen-bond acceptors (Lipinski definition) is 2. The van der Waals surface area contributed by atoms with Crippen LogP contribution in [0.25, 0.3) is 0 Å². The molecule has 1 atom stereocenters. The maximum atomic E-state index is 12.7. The van der Waals surface area contributed by atoms with Crippen LogP contribution in [0.3, 0.4) is 0 Å². The third-order valence-electron chi connectivity index (χ3n) is 3.34. The molecule has 0 aromatic heterocycles. The van der Waals surface area contributed by atoms with Gasteiger partial charge >= 0.3 is 6.18 Å². The lowest BCUT2D eigenvalue weighted by molar-refractivity contribution is -0.137.